The molecule has 0 saturated carbocycles. The molecule has 2 aromatic rings. The summed E-state index contributed by atoms with van der Waals surface area (Å²) < 4.78 is 17.7. The molecule has 2 atom stereocenters. The van der Waals surface area contributed by atoms with Crippen molar-refractivity contribution in [1.29, 1.82) is 0 Å². The summed E-state index contributed by atoms with van der Waals surface area (Å²) in [6.45, 7) is 12.7. The zero-order chi connectivity index (χ0) is 23.7. The summed E-state index contributed by atoms with van der Waals surface area (Å²) in [5.41, 5.74) is -0.244. The Morgan fingerprint density at radius 2 is 1.66 bits per heavy atom. The fourth-order valence-corrected chi connectivity index (χ4v) is 4.88. The number of anilines is 1. The Kier molecular flexibility index (Phi) is 6.54. The Morgan fingerprint density at radius 3 is 2.16 bits per heavy atom. The Morgan fingerprint density at radius 1 is 1.06 bits per heavy atom. The van der Waals surface area contributed by atoms with Crippen molar-refractivity contribution < 1.29 is 23.5 Å². The predicted octanol–water partition coefficient (Wildman–Crippen LogP) is 5.05. The lowest BCUT2D eigenvalue weighted by atomic mass is 9.86. The smallest absolute Gasteiger partial charge is 0.339 e. The molecular weight excluding hydrogens is 422 g/mol. The maximum absolute atomic E-state index is 13.5. The quantitative estimate of drug-likeness (QED) is 0.332. The van der Waals surface area contributed by atoms with Gasteiger partial charge in [-0.15, -0.1) is 0 Å². The minimum atomic E-state index is -2.21. The van der Waals surface area contributed by atoms with E-state index in [2.05, 4.69) is 33.9 Å². The number of ether oxygens (including phenoxy) is 2. The number of carbonyl (C=O) groups is 2. The summed E-state index contributed by atoms with van der Waals surface area (Å²) in [6.07, 6.45) is -0.585. The van der Waals surface area contributed by atoms with Crippen LogP contribution in [0.1, 0.15) is 38.1 Å². The topological polar surface area (TPSA) is 65.1 Å². The van der Waals surface area contributed by atoms with Crippen LogP contribution in [0.2, 0.25) is 18.1 Å². The van der Waals surface area contributed by atoms with E-state index in [9.17, 15) is 9.59 Å². The Bertz CT molecular complexity index is 968. The van der Waals surface area contributed by atoms with Gasteiger partial charge >= 0.3 is 5.97 Å². The molecule has 32 heavy (non-hydrogen) atoms. The van der Waals surface area contributed by atoms with E-state index in [0.717, 1.165) is 5.69 Å². The summed E-state index contributed by atoms with van der Waals surface area (Å²) in [4.78, 5) is 28.1. The van der Waals surface area contributed by atoms with Gasteiger partial charge in [0, 0.05) is 5.69 Å². The van der Waals surface area contributed by atoms with Crippen LogP contribution >= 0.6 is 0 Å². The molecule has 0 aliphatic carbocycles. The number of amides is 1. The van der Waals surface area contributed by atoms with E-state index < -0.39 is 26.0 Å². The van der Waals surface area contributed by atoms with E-state index in [1.54, 1.807) is 48.4 Å². The van der Waals surface area contributed by atoms with Gasteiger partial charge in [0.2, 0.25) is 5.60 Å². The predicted molar refractivity (Wildman–Crippen MR) is 128 cm³/mol. The van der Waals surface area contributed by atoms with Gasteiger partial charge in [0.05, 0.1) is 25.3 Å². The molecule has 1 amide bonds. The lowest BCUT2D eigenvalue weighted by molar-refractivity contribution is -0.159. The van der Waals surface area contributed by atoms with Crippen molar-refractivity contribution in [3.8, 4) is 5.75 Å². The van der Waals surface area contributed by atoms with Gasteiger partial charge in [-0.05, 0) is 61.5 Å². The van der Waals surface area contributed by atoms with Crippen molar-refractivity contribution in [2.75, 3.05) is 18.6 Å². The van der Waals surface area contributed by atoms with Crippen LogP contribution < -0.4 is 9.64 Å². The minimum Gasteiger partial charge on any atom is -0.497 e. The highest BCUT2D eigenvalue weighted by Crippen LogP contribution is 2.42. The molecule has 0 aromatic heterocycles. The zero-order valence-electron chi connectivity index (χ0n) is 20.0. The lowest BCUT2D eigenvalue weighted by Gasteiger charge is -2.52. The summed E-state index contributed by atoms with van der Waals surface area (Å²) >= 11 is 0. The first-order valence-corrected chi connectivity index (χ1v) is 13.7. The molecule has 2 aromatic carbocycles. The largest absolute Gasteiger partial charge is 0.497 e. The molecule has 2 unspecified atom stereocenters. The molecule has 1 heterocycles. The first-order valence-electron chi connectivity index (χ1n) is 10.8. The van der Waals surface area contributed by atoms with Gasteiger partial charge in [-0.3, -0.25) is 4.79 Å². The minimum absolute atomic E-state index is 0.0473. The fraction of sp³-hybridized carbons (Fsp3) is 0.440. The molecule has 3 rings (SSSR count). The van der Waals surface area contributed by atoms with Crippen molar-refractivity contribution in [1.82, 2.24) is 0 Å². The maximum Gasteiger partial charge on any atom is 0.339 e. The average molecular weight is 456 g/mol. The summed E-state index contributed by atoms with van der Waals surface area (Å²) in [5, 5.41) is -0.0473. The first-order chi connectivity index (χ1) is 14.9. The highest BCUT2D eigenvalue weighted by Gasteiger charge is 2.61. The van der Waals surface area contributed by atoms with Crippen molar-refractivity contribution >= 4 is 25.9 Å². The number of carbonyl (C=O) groups excluding carboxylic acids is 2. The van der Waals surface area contributed by atoms with Crippen LogP contribution in [0.15, 0.2) is 54.6 Å². The molecule has 1 aliphatic rings. The Hall–Kier alpha value is -2.64. The number of esters is 1. The third-order valence-corrected chi connectivity index (χ3v) is 11.2. The number of hydrogen-bond acceptors (Lipinski definition) is 5. The van der Waals surface area contributed by atoms with Gasteiger partial charge in [0.1, 0.15) is 5.75 Å². The van der Waals surface area contributed by atoms with E-state index in [4.69, 9.17) is 13.9 Å². The molecule has 1 fully saturated rings. The van der Waals surface area contributed by atoms with Crippen molar-refractivity contribution in [3.63, 3.8) is 0 Å². The highest BCUT2D eigenvalue weighted by molar-refractivity contribution is 6.74. The number of methoxy groups -OCH3 is 1. The molecule has 172 valence electrons. The fourth-order valence-electron chi connectivity index (χ4n) is 3.46. The number of β-lactam (4-membered cyclic amide) rings is 1. The van der Waals surface area contributed by atoms with E-state index in [1.807, 2.05) is 25.1 Å². The number of rotatable bonds is 7. The molecule has 0 spiro atoms. The second-order valence-corrected chi connectivity index (χ2v) is 14.5. The second kappa shape index (κ2) is 8.71. The normalized spacial score (nSPS) is 19.8. The molecule has 6 nitrogen and oxygen atoms in total. The van der Waals surface area contributed by atoms with Crippen LogP contribution in [0.4, 0.5) is 5.69 Å². The van der Waals surface area contributed by atoms with Gasteiger partial charge in [-0.2, -0.15) is 0 Å². The third kappa shape index (κ3) is 4.45. The van der Waals surface area contributed by atoms with Crippen LogP contribution in [0.3, 0.4) is 0 Å². The van der Waals surface area contributed by atoms with Gasteiger partial charge in [0.25, 0.3) is 5.91 Å². The average Bonchev–Trinajstić information content (AvgIpc) is 2.75. The molecule has 0 N–H and O–H groups in total. The van der Waals surface area contributed by atoms with Crippen LogP contribution in [0.25, 0.3) is 0 Å². The maximum atomic E-state index is 13.5. The number of nitrogens with zero attached hydrogens (tertiary/aromatic N) is 1. The molecule has 1 saturated heterocycles. The van der Waals surface area contributed by atoms with Gasteiger partial charge in [-0.25, -0.2) is 4.79 Å². The van der Waals surface area contributed by atoms with Gasteiger partial charge in [0.15, 0.2) is 8.32 Å². The summed E-state index contributed by atoms with van der Waals surface area (Å²) in [5.74, 6) is -0.102. The monoisotopic (exact) mass is 455 g/mol. The highest BCUT2D eigenvalue weighted by atomic mass is 28.4. The summed E-state index contributed by atoms with van der Waals surface area (Å²) in [7, 11) is -0.617. The second-order valence-electron chi connectivity index (χ2n) is 9.75. The van der Waals surface area contributed by atoms with Crippen LogP contribution in [0.5, 0.6) is 5.75 Å². The molecule has 0 bridgehead atoms. The van der Waals surface area contributed by atoms with Crippen LogP contribution in [-0.2, 0) is 14.0 Å². The summed E-state index contributed by atoms with van der Waals surface area (Å²) in [6, 6.07) is 16.0. The van der Waals surface area contributed by atoms with Crippen LogP contribution in [0, 0.1) is 0 Å². The lowest BCUT2D eigenvalue weighted by Crippen LogP contribution is -2.74. The van der Waals surface area contributed by atoms with Crippen LogP contribution in [-0.4, -0.2) is 45.6 Å². The van der Waals surface area contributed by atoms with E-state index in [0.29, 0.717) is 11.3 Å². The Labute approximate surface area is 191 Å². The zero-order valence-corrected chi connectivity index (χ0v) is 21.0. The van der Waals surface area contributed by atoms with Gasteiger partial charge in [-0.1, -0.05) is 39.0 Å². The van der Waals surface area contributed by atoms with E-state index in [1.165, 1.54) is 0 Å². The van der Waals surface area contributed by atoms with E-state index in [-0.39, 0.29) is 17.5 Å². The molecule has 1 aliphatic heterocycles. The van der Waals surface area contributed by atoms with Crippen molar-refractivity contribution in [3.05, 3.63) is 60.2 Å². The Balaban J connectivity index is 1.90. The van der Waals surface area contributed by atoms with Crippen molar-refractivity contribution in [2.45, 2.75) is 57.5 Å². The molecule has 0 radical (unpaired) electrons. The number of benzene rings is 2. The van der Waals surface area contributed by atoms with E-state index >= 15 is 0 Å². The van der Waals surface area contributed by atoms with Gasteiger partial charge < -0.3 is 18.8 Å². The first kappa shape index (κ1) is 24.0. The molecular formula is C25H33NO5Si. The SMILES string of the molecule is COc1ccc(N2CC(OC(=O)c3ccccc3)(C(C)O[Si](C)(C)C(C)(C)C)C2=O)cc1. The number of hydrogen-bond donors (Lipinski definition) is 0. The van der Waals surface area contributed by atoms with Crippen molar-refractivity contribution in [2.24, 2.45) is 0 Å². The standard InChI is InChI=1S/C25H33NO5Si/c1-18(31-32(6,7)24(2,3)4)25(30-22(27)19-11-9-8-10-12-19)17-26(23(25)28)20-13-15-21(29-5)16-14-20/h8-16,18H,17H2,1-7H3. The molecule has 7 heteroatoms. The third-order valence-electron chi connectivity index (χ3n) is 6.60.